The molecule has 0 atom stereocenters. The molecule has 0 unspecified atom stereocenters. The third-order valence-corrected chi connectivity index (χ3v) is 4.31. The maximum absolute atomic E-state index is 5.78. The van der Waals surface area contributed by atoms with E-state index in [0.717, 1.165) is 17.3 Å². The molecule has 1 heterocycles. The molecule has 0 fully saturated rings. The van der Waals surface area contributed by atoms with Crippen LogP contribution in [0.2, 0.25) is 0 Å². The van der Waals surface area contributed by atoms with Crippen molar-refractivity contribution >= 4 is 5.96 Å². The van der Waals surface area contributed by atoms with Crippen LogP contribution < -0.4 is 10.6 Å². The van der Waals surface area contributed by atoms with Crippen molar-refractivity contribution in [2.45, 2.75) is 26.3 Å². The quantitative estimate of drug-likeness (QED) is 0.465. The fraction of sp³-hybridized carbons (Fsp3) is 0.286. The Balaban J connectivity index is 1.41. The molecule has 3 rings (SSSR count). The smallest absolute Gasteiger partial charge is 0.191 e. The summed E-state index contributed by atoms with van der Waals surface area (Å²) >= 11 is 0. The molecule has 0 aliphatic rings. The summed E-state index contributed by atoms with van der Waals surface area (Å²) in [6.07, 6.45) is 1.54. The molecular formula is C21H26N6O. The molecule has 0 bridgehead atoms. The second kappa shape index (κ2) is 10.2. The standard InChI is InChI=1S/C21H26N6O/c1-22-21(24-13-20-25-16-26-27(20)2)23-12-17-8-10-19(11-9-17)15-28-14-18-6-4-3-5-7-18/h3-11,16H,12-15H2,1-2H3,(H2,22,23,24). The molecule has 28 heavy (non-hydrogen) atoms. The highest BCUT2D eigenvalue weighted by molar-refractivity contribution is 5.79. The molecule has 0 saturated carbocycles. The molecule has 0 saturated heterocycles. The SMILES string of the molecule is CN=C(NCc1ccc(COCc2ccccc2)cc1)NCc1ncnn1C. The van der Waals surface area contributed by atoms with Gasteiger partial charge in [0.15, 0.2) is 5.96 Å². The van der Waals surface area contributed by atoms with E-state index < -0.39 is 0 Å². The largest absolute Gasteiger partial charge is 0.372 e. The van der Waals surface area contributed by atoms with Gasteiger partial charge in [-0.25, -0.2) is 4.98 Å². The number of nitrogens with zero attached hydrogens (tertiary/aromatic N) is 4. The number of guanidine groups is 1. The fourth-order valence-corrected chi connectivity index (χ4v) is 2.66. The van der Waals surface area contributed by atoms with Gasteiger partial charge in [-0.15, -0.1) is 0 Å². The van der Waals surface area contributed by atoms with Gasteiger partial charge in [-0.3, -0.25) is 9.67 Å². The van der Waals surface area contributed by atoms with Crippen LogP contribution in [0.4, 0.5) is 0 Å². The van der Waals surface area contributed by atoms with E-state index >= 15 is 0 Å². The number of ether oxygens (including phenoxy) is 1. The lowest BCUT2D eigenvalue weighted by Crippen LogP contribution is -2.36. The average Bonchev–Trinajstić information content (AvgIpc) is 3.15. The number of aliphatic imine (C=N–C) groups is 1. The lowest BCUT2D eigenvalue weighted by molar-refractivity contribution is 0.107. The first kappa shape index (κ1) is 19.6. The van der Waals surface area contributed by atoms with E-state index in [9.17, 15) is 0 Å². The Morgan fingerprint density at radius 1 is 0.929 bits per heavy atom. The maximum atomic E-state index is 5.78. The molecule has 0 amide bonds. The third kappa shape index (κ3) is 5.92. The average molecular weight is 378 g/mol. The summed E-state index contributed by atoms with van der Waals surface area (Å²) in [5.74, 6) is 1.57. The second-order valence-corrected chi connectivity index (χ2v) is 6.37. The van der Waals surface area contributed by atoms with Crippen LogP contribution in [0, 0.1) is 0 Å². The summed E-state index contributed by atoms with van der Waals surface area (Å²) in [6, 6.07) is 18.6. The molecule has 0 radical (unpaired) electrons. The molecular weight excluding hydrogens is 352 g/mol. The van der Waals surface area contributed by atoms with Crippen LogP contribution in [-0.2, 0) is 38.1 Å². The first-order valence-corrected chi connectivity index (χ1v) is 9.21. The van der Waals surface area contributed by atoms with Gasteiger partial charge >= 0.3 is 0 Å². The van der Waals surface area contributed by atoms with Crippen LogP contribution in [0.25, 0.3) is 0 Å². The van der Waals surface area contributed by atoms with Gasteiger partial charge in [0.2, 0.25) is 0 Å². The zero-order valence-electron chi connectivity index (χ0n) is 16.3. The van der Waals surface area contributed by atoms with Crippen LogP contribution in [0.3, 0.4) is 0 Å². The van der Waals surface area contributed by atoms with Crippen molar-refractivity contribution in [1.29, 1.82) is 0 Å². The number of aryl methyl sites for hydroxylation is 1. The van der Waals surface area contributed by atoms with Crippen LogP contribution >= 0.6 is 0 Å². The maximum Gasteiger partial charge on any atom is 0.191 e. The number of hydrogen-bond acceptors (Lipinski definition) is 4. The molecule has 3 aromatic rings. The van der Waals surface area contributed by atoms with Crippen molar-refractivity contribution in [3.8, 4) is 0 Å². The van der Waals surface area contributed by atoms with E-state index in [1.807, 2.05) is 25.2 Å². The van der Waals surface area contributed by atoms with Crippen molar-refractivity contribution in [3.05, 3.63) is 83.4 Å². The van der Waals surface area contributed by atoms with Gasteiger partial charge in [-0.05, 0) is 16.7 Å². The molecule has 2 aromatic carbocycles. The van der Waals surface area contributed by atoms with Crippen molar-refractivity contribution in [2.75, 3.05) is 7.05 Å². The van der Waals surface area contributed by atoms with E-state index in [2.05, 4.69) is 62.1 Å². The summed E-state index contributed by atoms with van der Waals surface area (Å²) in [5.41, 5.74) is 3.52. The zero-order valence-corrected chi connectivity index (χ0v) is 16.3. The van der Waals surface area contributed by atoms with Crippen LogP contribution in [0.1, 0.15) is 22.5 Å². The Morgan fingerprint density at radius 2 is 1.57 bits per heavy atom. The Morgan fingerprint density at radius 3 is 2.21 bits per heavy atom. The van der Waals surface area contributed by atoms with Crippen LogP contribution in [0.15, 0.2) is 65.9 Å². The van der Waals surface area contributed by atoms with E-state index in [-0.39, 0.29) is 0 Å². The zero-order chi connectivity index (χ0) is 19.6. The predicted molar refractivity (Wildman–Crippen MR) is 109 cm³/mol. The highest BCUT2D eigenvalue weighted by Gasteiger charge is 2.03. The van der Waals surface area contributed by atoms with Gasteiger partial charge in [0.1, 0.15) is 12.2 Å². The lowest BCUT2D eigenvalue weighted by Gasteiger charge is -2.12. The monoisotopic (exact) mass is 378 g/mol. The van der Waals surface area contributed by atoms with Gasteiger partial charge in [0, 0.05) is 20.6 Å². The number of benzene rings is 2. The minimum Gasteiger partial charge on any atom is -0.372 e. The second-order valence-electron chi connectivity index (χ2n) is 6.37. The minimum absolute atomic E-state index is 0.563. The topological polar surface area (TPSA) is 76.4 Å². The summed E-state index contributed by atoms with van der Waals surface area (Å²) < 4.78 is 7.52. The predicted octanol–water partition coefficient (Wildman–Crippen LogP) is 2.40. The Hall–Kier alpha value is -3.19. The normalized spacial score (nSPS) is 11.4. The first-order chi connectivity index (χ1) is 13.7. The van der Waals surface area contributed by atoms with E-state index in [4.69, 9.17) is 4.74 Å². The molecule has 0 spiro atoms. The van der Waals surface area contributed by atoms with Gasteiger partial charge in [-0.2, -0.15) is 5.10 Å². The summed E-state index contributed by atoms with van der Waals surface area (Å²) in [4.78, 5) is 8.42. The molecule has 0 aliphatic heterocycles. The molecule has 7 nitrogen and oxygen atoms in total. The number of rotatable bonds is 8. The number of hydrogen-bond donors (Lipinski definition) is 2. The minimum atomic E-state index is 0.563. The van der Waals surface area contributed by atoms with Crippen LogP contribution in [0.5, 0.6) is 0 Å². The van der Waals surface area contributed by atoms with Gasteiger partial charge in [0.25, 0.3) is 0 Å². The van der Waals surface area contributed by atoms with Crippen molar-refractivity contribution in [2.24, 2.45) is 12.0 Å². The van der Waals surface area contributed by atoms with Crippen LogP contribution in [-0.4, -0.2) is 27.8 Å². The van der Waals surface area contributed by atoms with Crippen molar-refractivity contribution < 1.29 is 4.74 Å². The third-order valence-electron chi connectivity index (χ3n) is 4.31. The molecule has 0 aliphatic carbocycles. The summed E-state index contributed by atoms with van der Waals surface area (Å²) in [7, 11) is 3.62. The van der Waals surface area contributed by atoms with E-state index in [0.29, 0.717) is 26.3 Å². The highest BCUT2D eigenvalue weighted by Crippen LogP contribution is 2.08. The van der Waals surface area contributed by atoms with Crippen molar-refractivity contribution in [1.82, 2.24) is 25.4 Å². The van der Waals surface area contributed by atoms with E-state index in [1.165, 1.54) is 11.1 Å². The Kier molecular flexibility index (Phi) is 7.14. The molecule has 146 valence electrons. The Labute approximate surface area is 165 Å². The van der Waals surface area contributed by atoms with E-state index in [1.54, 1.807) is 18.1 Å². The molecule has 2 N–H and O–H groups in total. The van der Waals surface area contributed by atoms with Gasteiger partial charge < -0.3 is 15.4 Å². The Bertz CT molecular complexity index is 873. The lowest BCUT2D eigenvalue weighted by atomic mass is 10.1. The number of aromatic nitrogens is 3. The van der Waals surface area contributed by atoms with Crippen molar-refractivity contribution in [3.63, 3.8) is 0 Å². The first-order valence-electron chi connectivity index (χ1n) is 9.21. The highest BCUT2D eigenvalue weighted by atomic mass is 16.5. The molecule has 7 heteroatoms. The van der Waals surface area contributed by atoms with Gasteiger partial charge in [-0.1, -0.05) is 54.6 Å². The molecule has 1 aromatic heterocycles. The summed E-state index contributed by atoms with van der Waals surface area (Å²) in [6.45, 7) is 2.47. The number of nitrogens with one attached hydrogen (secondary N) is 2. The fourth-order valence-electron chi connectivity index (χ4n) is 2.66. The van der Waals surface area contributed by atoms with Gasteiger partial charge in [0.05, 0.1) is 19.8 Å². The summed E-state index contributed by atoms with van der Waals surface area (Å²) in [5, 5.41) is 10.6.